The van der Waals surface area contributed by atoms with Crippen LogP contribution in [0, 0.1) is 6.92 Å². The Morgan fingerprint density at radius 2 is 2.09 bits per heavy atom. The van der Waals surface area contributed by atoms with Gasteiger partial charge >= 0.3 is 5.63 Å². The van der Waals surface area contributed by atoms with Crippen molar-refractivity contribution in [3.63, 3.8) is 0 Å². The van der Waals surface area contributed by atoms with Gasteiger partial charge in [-0.3, -0.25) is 4.79 Å². The minimum absolute atomic E-state index is 0.000458. The molecule has 0 spiro atoms. The number of fused-ring (bicyclic) bond motifs is 1. The average Bonchev–Trinajstić information content (AvgIpc) is 2.48. The molecule has 0 unspecified atom stereocenters. The van der Waals surface area contributed by atoms with E-state index in [0.29, 0.717) is 24.2 Å². The number of nitrogens with zero attached hydrogens (tertiary/aromatic N) is 1. The first-order chi connectivity index (χ1) is 10.4. The average molecular weight is 303 g/mol. The second-order valence-electron chi connectivity index (χ2n) is 5.38. The molecule has 6 heteroatoms. The zero-order chi connectivity index (χ0) is 16.3. The summed E-state index contributed by atoms with van der Waals surface area (Å²) < 4.78 is 5.38. The predicted molar refractivity (Wildman–Crippen MR) is 87.3 cm³/mol. The van der Waals surface area contributed by atoms with Crippen LogP contribution >= 0.6 is 0 Å². The molecule has 1 aromatic heterocycles. The fourth-order valence-corrected chi connectivity index (χ4v) is 2.30. The summed E-state index contributed by atoms with van der Waals surface area (Å²) >= 11 is 0. The molecule has 2 rings (SSSR count). The number of anilines is 1. The van der Waals surface area contributed by atoms with Crippen molar-refractivity contribution >= 4 is 22.6 Å². The summed E-state index contributed by atoms with van der Waals surface area (Å²) in [6, 6.07) is 5.68. The van der Waals surface area contributed by atoms with Gasteiger partial charge in [-0.05, 0) is 24.6 Å². The van der Waals surface area contributed by atoms with Gasteiger partial charge in [0, 0.05) is 44.3 Å². The van der Waals surface area contributed by atoms with Crippen LogP contribution in [0.3, 0.4) is 0 Å². The molecule has 22 heavy (non-hydrogen) atoms. The summed E-state index contributed by atoms with van der Waals surface area (Å²) in [4.78, 5) is 25.9. The van der Waals surface area contributed by atoms with Gasteiger partial charge in [-0.2, -0.15) is 0 Å². The highest BCUT2D eigenvalue weighted by Gasteiger charge is 2.15. The number of nitrogens with two attached hydrogens (primary N) is 1. The standard InChI is InChI=1S/C16H21N3O3/c1-10-12-5-4-11(19(2)3)8-14(12)22-16(21)13(10)9-15(20)18-7-6-17/h4-5,8H,6-7,9,17H2,1-3H3,(H,18,20). The van der Waals surface area contributed by atoms with Gasteiger partial charge in [-0.15, -0.1) is 0 Å². The van der Waals surface area contributed by atoms with Gasteiger partial charge in [0.05, 0.1) is 12.0 Å². The van der Waals surface area contributed by atoms with Gasteiger partial charge in [0.2, 0.25) is 5.91 Å². The Balaban J connectivity index is 2.43. The molecule has 0 aliphatic heterocycles. The van der Waals surface area contributed by atoms with E-state index >= 15 is 0 Å². The maximum atomic E-state index is 12.2. The van der Waals surface area contributed by atoms with Crippen molar-refractivity contribution in [2.75, 3.05) is 32.1 Å². The van der Waals surface area contributed by atoms with Crippen molar-refractivity contribution < 1.29 is 9.21 Å². The van der Waals surface area contributed by atoms with Crippen molar-refractivity contribution in [3.8, 4) is 0 Å². The third-order valence-corrected chi connectivity index (χ3v) is 3.59. The number of amides is 1. The number of nitrogens with one attached hydrogen (secondary N) is 1. The van der Waals surface area contributed by atoms with Gasteiger partial charge in [0.25, 0.3) is 0 Å². The lowest BCUT2D eigenvalue weighted by molar-refractivity contribution is -0.120. The molecule has 1 heterocycles. The Morgan fingerprint density at radius 1 is 1.36 bits per heavy atom. The minimum Gasteiger partial charge on any atom is -0.422 e. The maximum absolute atomic E-state index is 12.2. The monoisotopic (exact) mass is 303 g/mol. The highest BCUT2D eigenvalue weighted by atomic mass is 16.4. The van der Waals surface area contributed by atoms with Crippen LogP contribution in [-0.4, -0.2) is 33.1 Å². The number of rotatable bonds is 5. The van der Waals surface area contributed by atoms with Crippen LogP contribution in [-0.2, 0) is 11.2 Å². The molecule has 0 atom stereocenters. The third-order valence-electron chi connectivity index (χ3n) is 3.59. The summed E-state index contributed by atoms with van der Waals surface area (Å²) in [6.45, 7) is 2.59. The van der Waals surface area contributed by atoms with Crippen LogP contribution in [0.2, 0.25) is 0 Å². The number of carbonyl (C=O) groups excluding carboxylic acids is 1. The van der Waals surface area contributed by atoms with Gasteiger partial charge < -0.3 is 20.4 Å². The Labute approximate surface area is 128 Å². The summed E-state index contributed by atoms with van der Waals surface area (Å²) in [5.41, 5.74) is 7.52. The van der Waals surface area contributed by atoms with Crippen LogP contribution in [0.15, 0.2) is 27.4 Å². The second-order valence-corrected chi connectivity index (χ2v) is 5.38. The topological polar surface area (TPSA) is 88.6 Å². The molecule has 118 valence electrons. The van der Waals surface area contributed by atoms with E-state index in [9.17, 15) is 9.59 Å². The molecule has 3 N–H and O–H groups in total. The molecule has 0 bridgehead atoms. The SMILES string of the molecule is Cc1c(CC(=O)NCCN)c(=O)oc2cc(N(C)C)ccc12. The molecule has 2 aromatic rings. The van der Waals surface area contributed by atoms with Gasteiger partial charge in [-0.25, -0.2) is 4.79 Å². The van der Waals surface area contributed by atoms with Gasteiger partial charge in [-0.1, -0.05) is 0 Å². The largest absolute Gasteiger partial charge is 0.422 e. The van der Waals surface area contributed by atoms with E-state index in [2.05, 4.69) is 5.32 Å². The smallest absolute Gasteiger partial charge is 0.340 e. The normalized spacial score (nSPS) is 10.7. The molecule has 1 aromatic carbocycles. The fourth-order valence-electron chi connectivity index (χ4n) is 2.30. The Kier molecular flexibility index (Phi) is 4.82. The van der Waals surface area contributed by atoms with Gasteiger partial charge in [0.15, 0.2) is 0 Å². The molecule has 1 amide bonds. The highest BCUT2D eigenvalue weighted by Crippen LogP contribution is 2.24. The molecule has 0 fully saturated rings. The molecule has 0 aliphatic rings. The summed E-state index contributed by atoms with van der Waals surface area (Å²) in [5, 5.41) is 3.50. The number of carbonyl (C=O) groups is 1. The first kappa shape index (κ1) is 16.0. The predicted octanol–water partition coefficient (Wildman–Crippen LogP) is 0.785. The van der Waals surface area contributed by atoms with E-state index in [4.69, 9.17) is 10.2 Å². The van der Waals surface area contributed by atoms with Crippen LogP contribution < -0.4 is 21.6 Å². The van der Waals surface area contributed by atoms with Crippen LogP contribution in [0.1, 0.15) is 11.1 Å². The van der Waals surface area contributed by atoms with Crippen LogP contribution in [0.4, 0.5) is 5.69 Å². The van der Waals surface area contributed by atoms with E-state index in [1.807, 2.05) is 44.1 Å². The lowest BCUT2D eigenvalue weighted by atomic mass is 10.0. The highest BCUT2D eigenvalue weighted by molar-refractivity contribution is 5.86. The van der Waals surface area contributed by atoms with E-state index < -0.39 is 5.63 Å². The lowest BCUT2D eigenvalue weighted by Crippen LogP contribution is -2.31. The van der Waals surface area contributed by atoms with E-state index in [-0.39, 0.29) is 12.3 Å². The molecular formula is C16H21N3O3. The van der Waals surface area contributed by atoms with Crippen molar-refractivity contribution in [1.29, 1.82) is 0 Å². The van der Waals surface area contributed by atoms with Gasteiger partial charge in [0.1, 0.15) is 5.58 Å². The Morgan fingerprint density at radius 3 is 2.73 bits per heavy atom. The Hall–Kier alpha value is -2.34. The number of hydrogen-bond donors (Lipinski definition) is 2. The van der Waals surface area contributed by atoms with E-state index in [1.165, 1.54) is 0 Å². The van der Waals surface area contributed by atoms with E-state index in [1.54, 1.807) is 0 Å². The molecule has 6 nitrogen and oxygen atoms in total. The third kappa shape index (κ3) is 3.28. The van der Waals surface area contributed by atoms with Crippen molar-refractivity contribution in [2.24, 2.45) is 5.73 Å². The first-order valence-corrected chi connectivity index (χ1v) is 7.14. The quantitative estimate of drug-likeness (QED) is 0.797. The van der Waals surface area contributed by atoms with E-state index in [0.717, 1.165) is 16.6 Å². The summed E-state index contributed by atoms with van der Waals surface area (Å²) in [7, 11) is 3.84. The maximum Gasteiger partial charge on any atom is 0.340 e. The molecule has 0 aliphatic carbocycles. The van der Waals surface area contributed by atoms with Crippen LogP contribution in [0.5, 0.6) is 0 Å². The minimum atomic E-state index is -0.469. The molecular weight excluding hydrogens is 282 g/mol. The van der Waals surface area contributed by atoms with Crippen molar-refractivity contribution in [1.82, 2.24) is 5.32 Å². The number of aryl methyl sites for hydroxylation is 1. The number of hydrogen-bond acceptors (Lipinski definition) is 5. The lowest BCUT2D eigenvalue weighted by Gasteiger charge is -2.14. The zero-order valence-corrected chi connectivity index (χ0v) is 13.1. The number of benzene rings is 1. The first-order valence-electron chi connectivity index (χ1n) is 7.14. The summed E-state index contributed by atoms with van der Waals surface area (Å²) in [5.74, 6) is -0.231. The second kappa shape index (κ2) is 6.62. The van der Waals surface area contributed by atoms with Crippen molar-refractivity contribution in [2.45, 2.75) is 13.3 Å². The Bertz CT molecular complexity index is 750. The molecule has 0 saturated heterocycles. The molecule has 0 saturated carbocycles. The molecule has 0 radical (unpaired) electrons. The fraction of sp³-hybridized carbons (Fsp3) is 0.375. The summed E-state index contributed by atoms with van der Waals surface area (Å²) in [6.07, 6.45) is -0.000458. The van der Waals surface area contributed by atoms with Crippen molar-refractivity contribution in [3.05, 3.63) is 39.7 Å². The van der Waals surface area contributed by atoms with Crippen LogP contribution in [0.25, 0.3) is 11.0 Å². The zero-order valence-electron chi connectivity index (χ0n) is 13.1.